The van der Waals surface area contributed by atoms with E-state index in [-0.39, 0.29) is 6.10 Å². The number of alkyl halides is 1. The third-order valence-electron chi connectivity index (χ3n) is 3.67. The van der Waals surface area contributed by atoms with Gasteiger partial charge in [0.15, 0.2) is 0 Å². The van der Waals surface area contributed by atoms with Crippen LogP contribution in [-0.4, -0.2) is 36.6 Å². The van der Waals surface area contributed by atoms with E-state index < -0.39 is 0 Å². The molecule has 0 spiro atoms. The van der Waals surface area contributed by atoms with Gasteiger partial charge in [-0.1, -0.05) is 42.5 Å². The molecule has 0 bridgehead atoms. The lowest BCUT2D eigenvalue weighted by Crippen LogP contribution is -2.42. The average Bonchev–Trinajstić information content (AvgIpc) is 2.48. The molecule has 2 nitrogen and oxygen atoms in total. The smallest absolute Gasteiger partial charge is 0.0837 e. The van der Waals surface area contributed by atoms with Crippen molar-refractivity contribution in [2.75, 3.05) is 25.6 Å². The number of halogens is 1. The molecule has 0 aromatic heterocycles. The molecule has 19 heavy (non-hydrogen) atoms. The van der Waals surface area contributed by atoms with Gasteiger partial charge < -0.3 is 4.74 Å². The maximum absolute atomic E-state index is 5.89. The van der Waals surface area contributed by atoms with Gasteiger partial charge in [0, 0.05) is 25.5 Å². The van der Waals surface area contributed by atoms with E-state index in [4.69, 9.17) is 16.3 Å². The first-order chi connectivity index (χ1) is 9.36. The van der Waals surface area contributed by atoms with Crippen LogP contribution >= 0.6 is 11.6 Å². The van der Waals surface area contributed by atoms with Crippen molar-refractivity contribution in [3.05, 3.63) is 48.0 Å². The highest BCUT2D eigenvalue weighted by Gasteiger charge is 2.19. The second kappa shape index (κ2) is 5.91. The molecule has 0 aliphatic carbocycles. The van der Waals surface area contributed by atoms with Gasteiger partial charge in [0.25, 0.3) is 0 Å². The van der Waals surface area contributed by atoms with Crippen LogP contribution in [0.3, 0.4) is 0 Å². The first kappa shape index (κ1) is 12.9. The van der Waals surface area contributed by atoms with Gasteiger partial charge in [-0.25, -0.2) is 0 Å². The zero-order chi connectivity index (χ0) is 13.1. The third-order valence-corrected chi connectivity index (χ3v) is 4.01. The highest BCUT2D eigenvalue weighted by atomic mass is 35.5. The number of ether oxygens (including phenoxy) is 1. The molecule has 100 valence electrons. The summed E-state index contributed by atoms with van der Waals surface area (Å²) in [5.74, 6) is 0.575. The lowest BCUT2D eigenvalue weighted by molar-refractivity contribution is -0.0192. The summed E-state index contributed by atoms with van der Waals surface area (Å²) in [6.07, 6.45) is 0.172. The summed E-state index contributed by atoms with van der Waals surface area (Å²) < 4.78 is 5.61. The van der Waals surface area contributed by atoms with E-state index in [1.165, 1.54) is 16.3 Å². The lowest BCUT2D eigenvalue weighted by atomic mass is 10.0. The van der Waals surface area contributed by atoms with E-state index in [0.717, 1.165) is 26.2 Å². The van der Waals surface area contributed by atoms with Crippen LogP contribution in [0.25, 0.3) is 10.8 Å². The Morgan fingerprint density at radius 1 is 1.16 bits per heavy atom. The van der Waals surface area contributed by atoms with Crippen molar-refractivity contribution in [1.82, 2.24) is 4.90 Å². The molecule has 1 saturated heterocycles. The van der Waals surface area contributed by atoms with Gasteiger partial charge in [0.2, 0.25) is 0 Å². The molecule has 2 aromatic rings. The van der Waals surface area contributed by atoms with Gasteiger partial charge in [-0.05, 0) is 16.3 Å². The predicted octanol–water partition coefficient (Wildman–Crippen LogP) is 3.28. The Kier molecular flexibility index (Phi) is 4.02. The molecule has 3 heteroatoms. The summed E-state index contributed by atoms with van der Waals surface area (Å²) in [4.78, 5) is 2.43. The standard InChI is InChI=1S/C16H18ClNO/c17-10-15-12-18(8-9-19-15)11-14-6-3-5-13-4-1-2-7-16(13)14/h1-7,15H,8-12H2. The number of hydrogen-bond acceptors (Lipinski definition) is 2. The summed E-state index contributed by atoms with van der Waals surface area (Å²) in [5.41, 5.74) is 1.38. The number of rotatable bonds is 3. The van der Waals surface area contributed by atoms with Gasteiger partial charge >= 0.3 is 0 Å². The minimum Gasteiger partial charge on any atom is -0.374 e. The summed E-state index contributed by atoms with van der Waals surface area (Å²) >= 11 is 5.89. The highest BCUT2D eigenvalue weighted by Crippen LogP contribution is 2.21. The van der Waals surface area contributed by atoms with Crippen LogP contribution in [0.5, 0.6) is 0 Å². The Labute approximate surface area is 118 Å². The third kappa shape index (κ3) is 2.92. The highest BCUT2D eigenvalue weighted by molar-refractivity contribution is 6.18. The second-order valence-electron chi connectivity index (χ2n) is 5.02. The van der Waals surface area contributed by atoms with Crippen molar-refractivity contribution in [3.63, 3.8) is 0 Å². The normalized spacial score (nSPS) is 20.8. The van der Waals surface area contributed by atoms with E-state index >= 15 is 0 Å². The zero-order valence-corrected chi connectivity index (χ0v) is 11.6. The van der Waals surface area contributed by atoms with Crippen molar-refractivity contribution >= 4 is 22.4 Å². The fourth-order valence-electron chi connectivity index (χ4n) is 2.69. The quantitative estimate of drug-likeness (QED) is 0.797. The lowest BCUT2D eigenvalue weighted by Gasteiger charge is -2.32. The Morgan fingerprint density at radius 2 is 2.00 bits per heavy atom. The summed E-state index contributed by atoms with van der Waals surface area (Å²) in [7, 11) is 0. The van der Waals surface area contributed by atoms with Crippen molar-refractivity contribution in [1.29, 1.82) is 0 Å². The second-order valence-corrected chi connectivity index (χ2v) is 5.33. The number of morpholine rings is 1. The van der Waals surface area contributed by atoms with Crippen LogP contribution in [0.2, 0.25) is 0 Å². The minimum atomic E-state index is 0.172. The fourth-order valence-corrected chi connectivity index (χ4v) is 2.88. The van der Waals surface area contributed by atoms with Crippen LogP contribution < -0.4 is 0 Å². The Balaban J connectivity index is 1.81. The van der Waals surface area contributed by atoms with Crippen LogP contribution in [0.1, 0.15) is 5.56 Å². The van der Waals surface area contributed by atoms with Crippen LogP contribution in [0.4, 0.5) is 0 Å². The van der Waals surface area contributed by atoms with Gasteiger partial charge in [-0.3, -0.25) is 4.90 Å². The van der Waals surface area contributed by atoms with Gasteiger partial charge in [-0.2, -0.15) is 0 Å². The minimum absolute atomic E-state index is 0.172. The Hall–Kier alpha value is -1.09. The summed E-state index contributed by atoms with van der Waals surface area (Å²) in [6, 6.07) is 15.1. The maximum Gasteiger partial charge on any atom is 0.0837 e. The van der Waals surface area contributed by atoms with E-state index in [1.54, 1.807) is 0 Å². The van der Waals surface area contributed by atoms with Gasteiger partial charge in [0.1, 0.15) is 0 Å². The molecule has 1 heterocycles. The topological polar surface area (TPSA) is 12.5 Å². The molecule has 0 N–H and O–H groups in total. The molecule has 0 amide bonds. The molecule has 1 unspecified atom stereocenters. The van der Waals surface area contributed by atoms with Crippen LogP contribution in [0, 0.1) is 0 Å². The molecule has 0 radical (unpaired) electrons. The first-order valence-electron chi connectivity index (χ1n) is 6.73. The van der Waals surface area contributed by atoms with Crippen molar-refractivity contribution < 1.29 is 4.74 Å². The molecule has 0 saturated carbocycles. The predicted molar refractivity (Wildman–Crippen MR) is 79.7 cm³/mol. The largest absolute Gasteiger partial charge is 0.374 e. The number of nitrogens with zero attached hydrogens (tertiary/aromatic N) is 1. The molecule has 3 rings (SSSR count). The summed E-state index contributed by atoms with van der Waals surface area (Å²) in [5, 5.41) is 2.65. The SMILES string of the molecule is ClCC1CN(Cc2cccc3ccccc23)CCO1. The van der Waals surface area contributed by atoms with Crippen molar-refractivity contribution in [3.8, 4) is 0 Å². The van der Waals surface area contributed by atoms with E-state index in [9.17, 15) is 0 Å². The molecular weight excluding hydrogens is 258 g/mol. The van der Waals surface area contributed by atoms with E-state index in [0.29, 0.717) is 5.88 Å². The molecule has 1 aliphatic heterocycles. The molecular formula is C16H18ClNO. The molecule has 2 aromatic carbocycles. The van der Waals surface area contributed by atoms with Crippen molar-refractivity contribution in [2.45, 2.75) is 12.6 Å². The van der Waals surface area contributed by atoms with E-state index in [1.807, 2.05) is 0 Å². The van der Waals surface area contributed by atoms with Gasteiger partial charge in [0.05, 0.1) is 12.7 Å². The van der Waals surface area contributed by atoms with Crippen LogP contribution in [0.15, 0.2) is 42.5 Å². The maximum atomic E-state index is 5.89. The molecule has 1 atom stereocenters. The molecule has 1 aliphatic rings. The number of fused-ring (bicyclic) bond motifs is 1. The summed E-state index contributed by atoms with van der Waals surface area (Å²) in [6.45, 7) is 3.66. The Morgan fingerprint density at radius 3 is 2.89 bits per heavy atom. The monoisotopic (exact) mass is 275 g/mol. The van der Waals surface area contributed by atoms with E-state index in [2.05, 4.69) is 47.4 Å². The molecule has 1 fully saturated rings. The first-order valence-corrected chi connectivity index (χ1v) is 7.27. The van der Waals surface area contributed by atoms with Gasteiger partial charge in [-0.15, -0.1) is 11.6 Å². The number of benzene rings is 2. The Bertz CT molecular complexity index is 552. The average molecular weight is 276 g/mol. The zero-order valence-electron chi connectivity index (χ0n) is 10.9. The fraction of sp³-hybridized carbons (Fsp3) is 0.375. The van der Waals surface area contributed by atoms with Crippen LogP contribution in [-0.2, 0) is 11.3 Å². The number of hydrogen-bond donors (Lipinski definition) is 0. The van der Waals surface area contributed by atoms with Crippen molar-refractivity contribution in [2.24, 2.45) is 0 Å².